The van der Waals surface area contributed by atoms with E-state index in [1.807, 2.05) is 0 Å². The zero-order chi connectivity index (χ0) is 12.8. The van der Waals surface area contributed by atoms with Crippen LogP contribution in [0.5, 0.6) is 0 Å². The number of likely N-dealkylation sites (tertiary alicyclic amines) is 1. The first kappa shape index (κ1) is 14.3. The molecule has 18 heavy (non-hydrogen) atoms. The van der Waals surface area contributed by atoms with Crippen LogP contribution in [0.3, 0.4) is 0 Å². The van der Waals surface area contributed by atoms with Crippen LogP contribution in [-0.2, 0) is 4.74 Å². The molecule has 0 spiro atoms. The highest BCUT2D eigenvalue weighted by molar-refractivity contribution is 5.04. The maximum atomic E-state index is 5.84. The second-order valence-corrected chi connectivity index (χ2v) is 5.92. The van der Waals surface area contributed by atoms with Gasteiger partial charge in [-0.1, -0.05) is 19.8 Å². The lowest BCUT2D eigenvalue weighted by Crippen LogP contribution is -2.60. The minimum Gasteiger partial charge on any atom is -0.380 e. The molecule has 2 aliphatic rings. The van der Waals surface area contributed by atoms with Crippen LogP contribution in [0, 0.1) is 0 Å². The number of nitrogens with zero attached hydrogens (tertiary/aromatic N) is 1. The van der Waals surface area contributed by atoms with E-state index in [4.69, 9.17) is 4.74 Å². The lowest BCUT2D eigenvalue weighted by atomic mass is 9.86. The number of hydrogen-bond acceptors (Lipinski definition) is 3. The summed E-state index contributed by atoms with van der Waals surface area (Å²) in [6, 6.07) is 0.504. The number of likely N-dealkylation sites (N-methyl/N-ethyl adjacent to an activating group) is 1. The fraction of sp³-hybridized carbons (Fsp3) is 1.00. The van der Waals surface area contributed by atoms with Gasteiger partial charge in [0.05, 0.1) is 6.61 Å². The van der Waals surface area contributed by atoms with Gasteiger partial charge in [0.25, 0.3) is 0 Å². The summed E-state index contributed by atoms with van der Waals surface area (Å²) < 4.78 is 5.84. The van der Waals surface area contributed by atoms with Crippen molar-refractivity contribution in [1.82, 2.24) is 10.2 Å². The Morgan fingerprint density at radius 1 is 1.17 bits per heavy atom. The Hall–Kier alpha value is -0.120. The van der Waals surface area contributed by atoms with E-state index in [1.54, 1.807) is 0 Å². The molecule has 0 aromatic carbocycles. The molecular formula is C15H30N2O. The van der Waals surface area contributed by atoms with Gasteiger partial charge in [-0.3, -0.25) is 4.90 Å². The van der Waals surface area contributed by atoms with E-state index in [9.17, 15) is 0 Å². The molecular weight excluding hydrogens is 224 g/mol. The molecule has 0 aromatic heterocycles. The van der Waals surface area contributed by atoms with Crippen LogP contribution in [-0.4, -0.2) is 49.8 Å². The summed E-state index contributed by atoms with van der Waals surface area (Å²) in [4.78, 5) is 2.76. The second kappa shape index (κ2) is 6.88. The van der Waals surface area contributed by atoms with Crippen LogP contribution < -0.4 is 5.32 Å². The Bertz CT molecular complexity index is 233. The van der Waals surface area contributed by atoms with E-state index in [2.05, 4.69) is 24.2 Å². The number of rotatable bonds is 7. The first-order valence-corrected chi connectivity index (χ1v) is 7.83. The average molecular weight is 254 g/mol. The minimum absolute atomic E-state index is 0.388. The van der Waals surface area contributed by atoms with Gasteiger partial charge in [-0.15, -0.1) is 0 Å². The summed E-state index contributed by atoms with van der Waals surface area (Å²) in [5.41, 5.74) is 0.388. The Morgan fingerprint density at radius 3 is 2.39 bits per heavy atom. The molecule has 1 aliphatic heterocycles. The maximum absolute atomic E-state index is 5.84. The predicted octanol–water partition coefficient (Wildman–Crippen LogP) is 2.41. The van der Waals surface area contributed by atoms with Crippen LogP contribution in [0.15, 0.2) is 0 Å². The van der Waals surface area contributed by atoms with E-state index in [-0.39, 0.29) is 0 Å². The zero-order valence-electron chi connectivity index (χ0n) is 12.2. The summed E-state index contributed by atoms with van der Waals surface area (Å²) in [7, 11) is 2.11. The molecule has 2 fully saturated rings. The predicted molar refractivity (Wildman–Crippen MR) is 76.0 cm³/mol. The lowest BCUT2D eigenvalue weighted by Gasteiger charge is -2.45. The molecule has 0 amide bonds. The largest absolute Gasteiger partial charge is 0.380 e. The van der Waals surface area contributed by atoms with Crippen LogP contribution >= 0.6 is 0 Å². The molecule has 2 rings (SSSR count). The summed E-state index contributed by atoms with van der Waals surface area (Å²) in [6.45, 7) is 6.55. The molecule has 1 atom stereocenters. The first-order valence-electron chi connectivity index (χ1n) is 7.83. The Kier molecular flexibility index (Phi) is 5.46. The summed E-state index contributed by atoms with van der Waals surface area (Å²) in [5, 5.41) is 3.55. The van der Waals surface area contributed by atoms with Gasteiger partial charge < -0.3 is 10.1 Å². The van der Waals surface area contributed by atoms with Gasteiger partial charge in [0.2, 0.25) is 0 Å². The second-order valence-electron chi connectivity index (χ2n) is 5.92. The van der Waals surface area contributed by atoms with Crippen molar-refractivity contribution in [2.24, 2.45) is 0 Å². The molecule has 0 bridgehead atoms. The highest BCUT2D eigenvalue weighted by Crippen LogP contribution is 2.40. The van der Waals surface area contributed by atoms with Gasteiger partial charge in [-0.05, 0) is 52.2 Å². The third-order valence-corrected chi connectivity index (χ3v) is 4.84. The number of ether oxygens (including phenoxy) is 1. The van der Waals surface area contributed by atoms with Crippen LogP contribution in [0.25, 0.3) is 0 Å². The minimum atomic E-state index is 0.388. The molecule has 1 aliphatic carbocycles. The third kappa shape index (κ3) is 2.89. The summed E-state index contributed by atoms with van der Waals surface area (Å²) >= 11 is 0. The topological polar surface area (TPSA) is 24.5 Å². The highest BCUT2D eigenvalue weighted by atomic mass is 16.5. The van der Waals surface area contributed by atoms with Crippen molar-refractivity contribution in [3.05, 3.63) is 0 Å². The van der Waals surface area contributed by atoms with Gasteiger partial charge in [0.15, 0.2) is 0 Å². The number of nitrogens with one attached hydrogen (secondary N) is 1. The van der Waals surface area contributed by atoms with Crippen molar-refractivity contribution < 1.29 is 4.74 Å². The quantitative estimate of drug-likeness (QED) is 0.706. The highest BCUT2D eigenvalue weighted by Gasteiger charge is 2.46. The number of hydrogen-bond donors (Lipinski definition) is 1. The third-order valence-electron chi connectivity index (χ3n) is 4.84. The van der Waals surface area contributed by atoms with Crippen molar-refractivity contribution >= 4 is 0 Å². The smallest absolute Gasteiger partial charge is 0.0637 e. The lowest BCUT2D eigenvalue weighted by molar-refractivity contribution is 0.0227. The summed E-state index contributed by atoms with van der Waals surface area (Å²) in [5.74, 6) is 0. The van der Waals surface area contributed by atoms with Crippen molar-refractivity contribution in [3.63, 3.8) is 0 Å². The van der Waals surface area contributed by atoms with Gasteiger partial charge >= 0.3 is 0 Å². The molecule has 0 radical (unpaired) electrons. The van der Waals surface area contributed by atoms with E-state index in [1.165, 1.54) is 51.6 Å². The van der Waals surface area contributed by atoms with Gasteiger partial charge in [-0.2, -0.15) is 0 Å². The molecule has 1 N–H and O–H groups in total. The standard InChI is InChI=1S/C15H30N2O/c1-3-12-18-13-14(16-2)15(8-4-5-9-15)17-10-6-7-11-17/h14,16H,3-13H2,1-2H3. The van der Waals surface area contributed by atoms with Crippen LogP contribution in [0.4, 0.5) is 0 Å². The SMILES string of the molecule is CCCOCC(NC)C1(N2CCCC2)CCCC1. The van der Waals surface area contributed by atoms with Crippen molar-refractivity contribution in [2.45, 2.75) is 63.5 Å². The fourth-order valence-electron chi connectivity index (χ4n) is 3.89. The molecule has 1 unspecified atom stereocenters. The summed E-state index contributed by atoms with van der Waals surface area (Å²) in [6.07, 6.45) is 9.38. The average Bonchev–Trinajstić information content (AvgIpc) is 3.05. The maximum Gasteiger partial charge on any atom is 0.0637 e. The van der Waals surface area contributed by atoms with Crippen LogP contribution in [0.2, 0.25) is 0 Å². The van der Waals surface area contributed by atoms with Crippen molar-refractivity contribution in [1.29, 1.82) is 0 Å². The van der Waals surface area contributed by atoms with E-state index < -0.39 is 0 Å². The Morgan fingerprint density at radius 2 is 1.83 bits per heavy atom. The fourth-order valence-corrected chi connectivity index (χ4v) is 3.89. The first-order chi connectivity index (χ1) is 8.83. The Balaban J connectivity index is 2.01. The van der Waals surface area contributed by atoms with E-state index >= 15 is 0 Å². The molecule has 106 valence electrons. The molecule has 1 saturated carbocycles. The normalized spacial score (nSPS) is 25.7. The molecule has 3 nitrogen and oxygen atoms in total. The van der Waals surface area contributed by atoms with Gasteiger partial charge in [0.1, 0.15) is 0 Å². The van der Waals surface area contributed by atoms with E-state index in [0.29, 0.717) is 11.6 Å². The van der Waals surface area contributed by atoms with Gasteiger partial charge in [-0.25, -0.2) is 0 Å². The van der Waals surface area contributed by atoms with Gasteiger partial charge in [0, 0.05) is 18.2 Å². The molecule has 1 saturated heterocycles. The van der Waals surface area contributed by atoms with E-state index in [0.717, 1.165) is 19.6 Å². The monoisotopic (exact) mass is 254 g/mol. The zero-order valence-corrected chi connectivity index (χ0v) is 12.2. The molecule has 3 heteroatoms. The molecule has 0 aromatic rings. The van der Waals surface area contributed by atoms with Crippen LogP contribution in [0.1, 0.15) is 51.9 Å². The van der Waals surface area contributed by atoms with Crippen molar-refractivity contribution in [2.75, 3.05) is 33.4 Å². The molecule has 1 heterocycles. The van der Waals surface area contributed by atoms with Crippen molar-refractivity contribution in [3.8, 4) is 0 Å². The Labute approximate surface area is 112 Å².